The highest BCUT2D eigenvalue weighted by molar-refractivity contribution is 7.18. The monoisotopic (exact) mass is 336 g/mol. The van der Waals surface area contributed by atoms with Crippen LogP contribution in [0, 0.1) is 5.92 Å². The van der Waals surface area contributed by atoms with E-state index in [0.717, 1.165) is 26.8 Å². The Labute approximate surface area is 144 Å². The van der Waals surface area contributed by atoms with Gasteiger partial charge in [0.2, 0.25) is 0 Å². The van der Waals surface area contributed by atoms with Gasteiger partial charge in [0.15, 0.2) is 0 Å². The van der Waals surface area contributed by atoms with Crippen LogP contribution in [0.4, 0.5) is 0 Å². The average molecular weight is 336 g/mol. The van der Waals surface area contributed by atoms with E-state index in [2.05, 4.69) is 20.1 Å². The molecule has 0 N–H and O–H groups in total. The Bertz CT molecular complexity index is 843. The van der Waals surface area contributed by atoms with Crippen LogP contribution in [0.5, 0.6) is 0 Å². The third kappa shape index (κ3) is 3.65. The van der Waals surface area contributed by atoms with Crippen molar-refractivity contribution in [1.29, 1.82) is 0 Å². The molecule has 3 aromatic heterocycles. The summed E-state index contributed by atoms with van der Waals surface area (Å²) in [7, 11) is 0. The molecular formula is C18H16N4OS. The van der Waals surface area contributed by atoms with Crippen molar-refractivity contribution in [1.82, 2.24) is 15.0 Å². The van der Waals surface area contributed by atoms with E-state index >= 15 is 0 Å². The molecule has 0 aliphatic heterocycles. The van der Waals surface area contributed by atoms with Gasteiger partial charge < -0.3 is 4.84 Å². The Morgan fingerprint density at radius 1 is 1.21 bits per heavy atom. The molecule has 1 fully saturated rings. The Morgan fingerprint density at radius 2 is 2.17 bits per heavy atom. The highest BCUT2D eigenvalue weighted by Crippen LogP contribution is 2.30. The van der Waals surface area contributed by atoms with Gasteiger partial charge in [0.25, 0.3) is 0 Å². The van der Waals surface area contributed by atoms with Crippen molar-refractivity contribution < 1.29 is 4.84 Å². The molecule has 5 nitrogen and oxygen atoms in total. The smallest absolute Gasteiger partial charge is 0.125 e. The van der Waals surface area contributed by atoms with Crippen LogP contribution in [0.25, 0.3) is 21.1 Å². The van der Waals surface area contributed by atoms with Crippen LogP contribution >= 0.6 is 11.3 Å². The lowest BCUT2D eigenvalue weighted by molar-refractivity contribution is 0.135. The number of nitrogens with zero attached hydrogens (tertiary/aromatic N) is 4. The Kier molecular flexibility index (Phi) is 4.29. The van der Waals surface area contributed by atoms with Crippen molar-refractivity contribution in [3.05, 3.63) is 54.6 Å². The summed E-state index contributed by atoms with van der Waals surface area (Å²) in [6, 6.07) is 9.77. The lowest BCUT2D eigenvalue weighted by atomic mass is 10.3. The van der Waals surface area contributed by atoms with Crippen molar-refractivity contribution in [2.24, 2.45) is 11.1 Å². The number of pyridine rings is 2. The van der Waals surface area contributed by atoms with Gasteiger partial charge in [0, 0.05) is 24.2 Å². The van der Waals surface area contributed by atoms with E-state index in [1.165, 1.54) is 12.8 Å². The summed E-state index contributed by atoms with van der Waals surface area (Å²) in [6.07, 6.45) is 9.60. The van der Waals surface area contributed by atoms with Gasteiger partial charge >= 0.3 is 0 Å². The van der Waals surface area contributed by atoms with Crippen LogP contribution in [0.3, 0.4) is 0 Å². The zero-order valence-corrected chi connectivity index (χ0v) is 13.8. The number of oxime groups is 1. The average Bonchev–Trinajstić information content (AvgIpc) is 3.33. The predicted octanol–water partition coefficient (Wildman–Crippen LogP) is 4.03. The lowest BCUT2D eigenvalue weighted by Crippen LogP contribution is -1.93. The molecule has 24 heavy (non-hydrogen) atoms. The zero-order chi connectivity index (χ0) is 16.2. The normalized spacial score (nSPS) is 14.2. The van der Waals surface area contributed by atoms with Gasteiger partial charge in [-0.25, -0.2) is 9.97 Å². The van der Waals surface area contributed by atoms with Crippen LogP contribution < -0.4 is 0 Å². The van der Waals surface area contributed by atoms with E-state index in [0.29, 0.717) is 12.5 Å². The number of rotatable bonds is 6. The molecule has 0 saturated heterocycles. The summed E-state index contributed by atoms with van der Waals surface area (Å²) < 4.78 is 0. The maximum absolute atomic E-state index is 5.28. The molecule has 0 radical (unpaired) electrons. The van der Waals surface area contributed by atoms with Crippen LogP contribution in [0.1, 0.15) is 18.5 Å². The molecule has 1 saturated carbocycles. The second-order valence-electron chi connectivity index (χ2n) is 5.69. The van der Waals surface area contributed by atoms with Gasteiger partial charge in [0.1, 0.15) is 11.6 Å². The van der Waals surface area contributed by atoms with Gasteiger partial charge in [-0.1, -0.05) is 11.2 Å². The first kappa shape index (κ1) is 15.0. The highest BCUT2D eigenvalue weighted by atomic mass is 32.1. The standard InChI is InChI=1S/C18H16N4OS/c1-4-15(10-21-23-12-13-6-7-13)22-16(5-1)17-11-20-18(24-17)14-3-2-8-19-9-14/h1-5,8-11,13H,6-7,12H2/b21-10+. The van der Waals surface area contributed by atoms with Crippen molar-refractivity contribution in [2.75, 3.05) is 6.61 Å². The molecule has 0 spiro atoms. The highest BCUT2D eigenvalue weighted by Gasteiger charge is 2.21. The van der Waals surface area contributed by atoms with Crippen molar-refractivity contribution in [3.8, 4) is 21.1 Å². The molecule has 0 bridgehead atoms. The molecule has 0 amide bonds. The molecule has 3 aromatic rings. The first-order chi connectivity index (χ1) is 11.9. The predicted molar refractivity (Wildman–Crippen MR) is 94.8 cm³/mol. The quantitative estimate of drug-likeness (QED) is 0.504. The Hall–Kier alpha value is -2.60. The maximum atomic E-state index is 5.28. The van der Waals surface area contributed by atoms with Crippen LogP contribution in [-0.2, 0) is 4.84 Å². The first-order valence-corrected chi connectivity index (χ1v) is 8.69. The summed E-state index contributed by atoms with van der Waals surface area (Å²) in [5, 5.41) is 4.94. The number of hydrogen-bond donors (Lipinski definition) is 0. The molecule has 0 atom stereocenters. The molecule has 3 heterocycles. The molecular weight excluding hydrogens is 320 g/mol. The van der Waals surface area contributed by atoms with Gasteiger partial charge in [-0.15, -0.1) is 11.3 Å². The minimum Gasteiger partial charge on any atom is -0.395 e. The van der Waals surface area contributed by atoms with Crippen molar-refractivity contribution in [3.63, 3.8) is 0 Å². The second-order valence-corrected chi connectivity index (χ2v) is 6.72. The topological polar surface area (TPSA) is 60.3 Å². The molecule has 4 rings (SSSR count). The maximum Gasteiger partial charge on any atom is 0.125 e. The van der Waals surface area contributed by atoms with E-state index in [-0.39, 0.29) is 0 Å². The molecule has 1 aliphatic carbocycles. The Balaban J connectivity index is 1.49. The Morgan fingerprint density at radius 3 is 3.00 bits per heavy atom. The lowest BCUT2D eigenvalue weighted by Gasteiger charge is -1.99. The van der Waals surface area contributed by atoms with Crippen LogP contribution in [0.2, 0.25) is 0 Å². The van der Waals surface area contributed by atoms with Gasteiger partial charge in [-0.05, 0) is 43.0 Å². The first-order valence-electron chi connectivity index (χ1n) is 7.87. The van der Waals surface area contributed by atoms with E-state index in [1.807, 2.05) is 42.7 Å². The summed E-state index contributed by atoms with van der Waals surface area (Å²) in [4.78, 5) is 19.5. The molecule has 6 heteroatoms. The van der Waals surface area contributed by atoms with Crippen LogP contribution in [0.15, 0.2) is 54.1 Å². The zero-order valence-electron chi connectivity index (χ0n) is 13.0. The van der Waals surface area contributed by atoms with Gasteiger partial charge in [-0.3, -0.25) is 4.98 Å². The van der Waals surface area contributed by atoms with E-state index < -0.39 is 0 Å². The molecule has 1 aliphatic rings. The molecule has 120 valence electrons. The van der Waals surface area contributed by atoms with E-state index in [1.54, 1.807) is 23.7 Å². The fourth-order valence-electron chi connectivity index (χ4n) is 2.20. The minimum atomic E-state index is 0.699. The summed E-state index contributed by atoms with van der Waals surface area (Å²) in [6.45, 7) is 0.708. The minimum absolute atomic E-state index is 0.699. The third-order valence-corrected chi connectivity index (χ3v) is 4.77. The number of aromatic nitrogens is 3. The fourth-order valence-corrected chi connectivity index (χ4v) is 3.08. The fraction of sp³-hybridized carbons (Fsp3) is 0.222. The summed E-state index contributed by atoms with van der Waals surface area (Å²) >= 11 is 1.60. The largest absolute Gasteiger partial charge is 0.395 e. The van der Waals surface area contributed by atoms with Gasteiger partial charge in [0.05, 0.1) is 22.5 Å². The van der Waals surface area contributed by atoms with E-state index in [4.69, 9.17) is 4.84 Å². The summed E-state index contributed by atoms with van der Waals surface area (Å²) in [5.74, 6) is 0.699. The van der Waals surface area contributed by atoms with Crippen LogP contribution in [-0.4, -0.2) is 27.8 Å². The van der Waals surface area contributed by atoms with Gasteiger partial charge in [-0.2, -0.15) is 0 Å². The summed E-state index contributed by atoms with van der Waals surface area (Å²) in [5.41, 5.74) is 2.67. The van der Waals surface area contributed by atoms with Crippen molar-refractivity contribution >= 4 is 17.6 Å². The van der Waals surface area contributed by atoms with Crippen molar-refractivity contribution in [2.45, 2.75) is 12.8 Å². The molecule has 0 aromatic carbocycles. The third-order valence-electron chi connectivity index (χ3n) is 3.70. The second kappa shape index (κ2) is 6.88. The SMILES string of the molecule is C(=N\OCC1CC1)/c1cccc(-c2cnc(-c3cccnc3)s2)n1. The number of thiazole rings is 1. The molecule has 0 unspecified atom stereocenters. The van der Waals surface area contributed by atoms with E-state index in [9.17, 15) is 0 Å². The number of hydrogen-bond acceptors (Lipinski definition) is 6.